The first-order chi connectivity index (χ1) is 8.01. The van der Waals surface area contributed by atoms with Gasteiger partial charge in [0.15, 0.2) is 5.03 Å². The van der Waals surface area contributed by atoms with Crippen LogP contribution in [0, 0.1) is 5.41 Å². The molecule has 0 spiro atoms. The van der Waals surface area contributed by atoms with Gasteiger partial charge in [0.1, 0.15) is 0 Å². The van der Waals surface area contributed by atoms with Gasteiger partial charge in [0.05, 0.1) is 11.6 Å². The fraction of sp³-hybridized carbons (Fsp3) is 0.600. The van der Waals surface area contributed by atoms with E-state index in [1.807, 2.05) is 0 Å². The molecule has 1 heterocycles. The number of nitrogens with zero attached hydrogens (tertiary/aromatic N) is 1. The highest BCUT2D eigenvalue weighted by Crippen LogP contribution is 2.31. The molecule has 0 saturated heterocycles. The Balaban J connectivity index is 3.08. The maximum atomic E-state index is 12.0. The van der Waals surface area contributed by atoms with E-state index in [4.69, 9.17) is 5.11 Å². The highest BCUT2D eigenvalue weighted by molar-refractivity contribution is 7.89. The van der Waals surface area contributed by atoms with Crippen LogP contribution in [0.25, 0.3) is 0 Å². The Kier molecular flexibility index (Phi) is 3.55. The molecule has 0 amide bonds. The Morgan fingerprint density at radius 1 is 1.39 bits per heavy atom. The number of nitrogens with one attached hydrogen (secondary N) is 2. The van der Waals surface area contributed by atoms with Gasteiger partial charge in [-0.05, 0) is 33.8 Å². The van der Waals surface area contributed by atoms with Crippen LogP contribution < -0.4 is 4.72 Å². The van der Waals surface area contributed by atoms with E-state index in [0.717, 1.165) is 0 Å². The maximum absolute atomic E-state index is 12.0. The second-order valence-corrected chi connectivity index (χ2v) is 6.73. The number of carbonyl (C=O) groups is 1. The second-order valence-electron chi connectivity index (χ2n) is 5.08. The second kappa shape index (κ2) is 4.36. The highest BCUT2D eigenvalue weighted by Gasteiger charge is 2.46. The first-order valence-corrected chi connectivity index (χ1v) is 6.76. The Labute approximate surface area is 106 Å². The molecule has 102 valence electrons. The Morgan fingerprint density at radius 3 is 2.33 bits per heavy atom. The quantitative estimate of drug-likeness (QED) is 0.727. The number of hydrogen-bond donors (Lipinski definition) is 3. The number of rotatable bonds is 5. The third-order valence-corrected chi connectivity index (χ3v) is 4.84. The van der Waals surface area contributed by atoms with Crippen LogP contribution in [0.1, 0.15) is 27.7 Å². The summed E-state index contributed by atoms with van der Waals surface area (Å²) in [5, 5.41) is 14.9. The summed E-state index contributed by atoms with van der Waals surface area (Å²) in [6.07, 6.45) is 1.31. The minimum Gasteiger partial charge on any atom is -0.481 e. The van der Waals surface area contributed by atoms with Crippen molar-refractivity contribution in [3.8, 4) is 0 Å². The topological polar surface area (TPSA) is 112 Å². The summed E-state index contributed by atoms with van der Waals surface area (Å²) >= 11 is 0. The molecule has 0 aliphatic heterocycles. The Hall–Kier alpha value is -1.41. The molecule has 3 N–H and O–H groups in total. The molecule has 8 heteroatoms. The van der Waals surface area contributed by atoms with Gasteiger partial charge in [-0.2, -0.15) is 5.10 Å². The lowest BCUT2D eigenvalue weighted by atomic mass is 9.75. The van der Waals surface area contributed by atoms with Gasteiger partial charge in [0.2, 0.25) is 0 Å². The zero-order valence-corrected chi connectivity index (χ0v) is 11.5. The van der Waals surface area contributed by atoms with Crippen molar-refractivity contribution >= 4 is 16.0 Å². The van der Waals surface area contributed by atoms with Crippen LogP contribution in [0.4, 0.5) is 0 Å². The van der Waals surface area contributed by atoms with Crippen molar-refractivity contribution in [2.24, 2.45) is 5.41 Å². The summed E-state index contributed by atoms with van der Waals surface area (Å²) in [5.74, 6) is -1.08. The number of aromatic amines is 1. The molecule has 0 atom stereocenters. The van der Waals surface area contributed by atoms with Crippen LogP contribution in [0.2, 0.25) is 0 Å². The Bertz CT molecular complexity index is 531. The molecule has 18 heavy (non-hydrogen) atoms. The van der Waals surface area contributed by atoms with E-state index in [1.165, 1.54) is 40.0 Å². The van der Waals surface area contributed by atoms with Crippen LogP contribution in [-0.2, 0) is 14.8 Å². The molecule has 0 aliphatic rings. The van der Waals surface area contributed by atoms with Crippen LogP contribution >= 0.6 is 0 Å². The maximum Gasteiger partial charge on any atom is 0.310 e. The van der Waals surface area contributed by atoms with E-state index >= 15 is 0 Å². The molecule has 0 bridgehead atoms. The minimum atomic E-state index is -3.82. The fourth-order valence-corrected chi connectivity index (χ4v) is 2.63. The number of aromatic nitrogens is 2. The van der Waals surface area contributed by atoms with Crippen molar-refractivity contribution in [1.82, 2.24) is 14.9 Å². The van der Waals surface area contributed by atoms with E-state index in [9.17, 15) is 13.2 Å². The normalized spacial score (nSPS) is 13.6. The summed E-state index contributed by atoms with van der Waals surface area (Å²) in [5.41, 5.74) is -2.43. The Morgan fingerprint density at radius 2 is 1.94 bits per heavy atom. The molecule has 0 saturated carbocycles. The molecule has 0 aromatic carbocycles. The first kappa shape index (κ1) is 14.7. The molecule has 1 rings (SSSR count). The number of sulfonamides is 1. The molecule has 7 nitrogen and oxygen atoms in total. The average molecular weight is 275 g/mol. The van der Waals surface area contributed by atoms with Gasteiger partial charge < -0.3 is 5.11 Å². The van der Waals surface area contributed by atoms with E-state index in [-0.39, 0.29) is 5.03 Å². The van der Waals surface area contributed by atoms with Crippen molar-refractivity contribution in [3.63, 3.8) is 0 Å². The lowest BCUT2D eigenvalue weighted by molar-refractivity contribution is -0.150. The van der Waals surface area contributed by atoms with Gasteiger partial charge in [-0.15, -0.1) is 0 Å². The monoisotopic (exact) mass is 275 g/mol. The van der Waals surface area contributed by atoms with Gasteiger partial charge in [-0.25, -0.2) is 13.1 Å². The van der Waals surface area contributed by atoms with Gasteiger partial charge in [0, 0.05) is 5.54 Å². The third kappa shape index (κ3) is 2.54. The lowest BCUT2D eigenvalue weighted by Crippen LogP contribution is -2.56. The van der Waals surface area contributed by atoms with E-state index in [0.29, 0.717) is 0 Å². The standard InChI is InChI=1S/C10H17N3O4S/c1-9(2,8(14)15)10(3,4)13-18(16,17)7-5-6-11-12-7/h5-6,13H,1-4H3,(H,11,12)(H,14,15). The largest absolute Gasteiger partial charge is 0.481 e. The van der Waals surface area contributed by atoms with Crippen LogP contribution in [0.5, 0.6) is 0 Å². The number of carboxylic acids is 1. The van der Waals surface area contributed by atoms with Crippen molar-refractivity contribution in [1.29, 1.82) is 0 Å². The van der Waals surface area contributed by atoms with Crippen molar-refractivity contribution in [2.45, 2.75) is 38.3 Å². The molecular weight excluding hydrogens is 258 g/mol. The molecule has 0 aliphatic carbocycles. The summed E-state index contributed by atoms with van der Waals surface area (Å²) in [4.78, 5) is 11.2. The molecular formula is C10H17N3O4S. The number of hydrogen-bond acceptors (Lipinski definition) is 4. The molecule has 0 unspecified atom stereocenters. The van der Waals surface area contributed by atoms with Crippen LogP contribution in [-0.4, -0.2) is 35.2 Å². The predicted octanol–water partition coefficient (Wildman–Crippen LogP) is 0.577. The predicted molar refractivity (Wildman–Crippen MR) is 64.4 cm³/mol. The van der Waals surface area contributed by atoms with Gasteiger partial charge in [-0.1, -0.05) is 0 Å². The van der Waals surface area contributed by atoms with E-state index in [2.05, 4.69) is 14.9 Å². The van der Waals surface area contributed by atoms with Gasteiger partial charge in [0.25, 0.3) is 10.0 Å². The molecule has 0 fully saturated rings. The van der Waals surface area contributed by atoms with Crippen molar-refractivity contribution in [2.75, 3.05) is 0 Å². The van der Waals surface area contributed by atoms with Gasteiger partial charge >= 0.3 is 5.97 Å². The zero-order valence-electron chi connectivity index (χ0n) is 10.7. The third-order valence-electron chi connectivity index (χ3n) is 3.25. The summed E-state index contributed by atoms with van der Waals surface area (Å²) < 4.78 is 26.4. The molecule has 0 radical (unpaired) electrons. The summed E-state index contributed by atoms with van der Waals surface area (Å²) in [6.45, 7) is 5.97. The summed E-state index contributed by atoms with van der Waals surface area (Å²) in [6, 6.07) is 1.30. The van der Waals surface area contributed by atoms with Gasteiger partial charge in [-0.3, -0.25) is 9.89 Å². The van der Waals surface area contributed by atoms with Crippen molar-refractivity contribution < 1.29 is 18.3 Å². The fourth-order valence-electron chi connectivity index (χ4n) is 1.18. The van der Waals surface area contributed by atoms with Crippen molar-refractivity contribution in [3.05, 3.63) is 12.3 Å². The average Bonchev–Trinajstić information content (AvgIpc) is 2.68. The van der Waals surface area contributed by atoms with Crippen LogP contribution in [0.3, 0.4) is 0 Å². The smallest absolute Gasteiger partial charge is 0.310 e. The van der Waals surface area contributed by atoms with Crippen LogP contribution in [0.15, 0.2) is 17.3 Å². The molecule has 1 aromatic heterocycles. The molecule has 1 aromatic rings. The zero-order chi connectivity index (χ0) is 14.2. The van der Waals surface area contributed by atoms with E-state index < -0.39 is 26.9 Å². The highest BCUT2D eigenvalue weighted by atomic mass is 32.2. The first-order valence-electron chi connectivity index (χ1n) is 5.27. The number of H-pyrrole nitrogens is 1. The number of aliphatic carboxylic acids is 1. The van der Waals surface area contributed by atoms with E-state index in [1.54, 1.807) is 0 Å². The number of carboxylic acid groups (broad SMARTS) is 1. The minimum absolute atomic E-state index is 0.100. The summed E-state index contributed by atoms with van der Waals surface area (Å²) in [7, 11) is -3.82. The lowest BCUT2D eigenvalue weighted by Gasteiger charge is -2.38. The SMILES string of the molecule is CC(C)(NS(=O)(=O)c1ccn[nH]1)C(C)(C)C(=O)O.